The molecule has 0 saturated carbocycles. The Labute approximate surface area is 294 Å². The Morgan fingerprint density at radius 2 is 1.42 bits per heavy atom. The fourth-order valence-corrected chi connectivity index (χ4v) is 9.09. The Morgan fingerprint density at radius 3 is 2.26 bits per heavy atom. The number of benzene rings is 6. The minimum Gasteiger partial charge on any atom is -0.309 e. The second-order valence-electron chi connectivity index (χ2n) is 14.2. The quantitative estimate of drug-likeness (QED) is 0.159. The minimum atomic E-state index is -0.114. The van der Waals surface area contributed by atoms with E-state index in [-0.39, 0.29) is 5.41 Å². The third-order valence-electron chi connectivity index (χ3n) is 11.2. The maximum atomic E-state index is 4.41. The van der Waals surface area contributed by atoms with E-state index in [9.17, 15) is 0 Å². The molecule has 0 N–H and O–H groups in total. The highest BCUT2D eigenvalue weighted by Gasteiger charge is 2.37. The van der Waals surface area contributed by atoms with Gasteiger partial charge < -0.3 is 4.57 Å². The third-order valence-corrected chi connectivity index (χ3v) is 11.2. The number of allylic oxidation sites excluding steroid dienone is 7. The number of nitrogens with zero attached hydrogens (tertiary/aromatic N) is 1. The molecular formula is C49H39N. The van der Waals surface area contributed by atoms with Crippen molar-refractivity contribution in [1.82, 2.24) is 4.57 Å². The predicted octanol–water partition coefficient (Wildman–Crippen LogP) is 13.2. The molecule has 0 spiro atoms. The van der Waals surface area contributed by atoms with Crippen LogP contribution in [0.3, 0.4) is 0 Å². The van der Waals surface area contributed by atoms with Crippen LogP contribution < -0.4 is 0 Å². The molecule has 240 valence electrons. The molecule has 0 unspecified atom stereocenters. The first-order valence-electron chi connectivity index (χ1n) is 17.6. The largest absolute Gasteiger partial charge is 0.309 e. The van der Waals surface area contributed by atoms with Gasteiger partial charge in [-0.25, -0.2) is 0 Å². The van der Waals surface area contributed by atoms with Crippen LogP contribution in [0.2, 0.25) is 0 Å². The van der Waals surface area contributed by atoms with E-state index in [1.165, 1.54) is 93.8 Å². The summed E-state index contributed by atoms with van der Waals surface area (Å²) in [6, 6.07) is 42.8. The van der Waals surface area contributed by atoms with Crippen molar-refractivity contribution in [2.75, 3.05) is 0 Å². The summed E-state index contributed by atoms with van der Waals surface area (Å²) in [5.74, 6) is 0. The van der Waals surface area contributed by atoms with Gasteiger partial charge in [0, 0.05) is 21.9 Å². The number of hydrogen-bond acceptors (Lipinski definition) is 0. The van der Waals surface area contributed by atoms with Crippen LogP contribution in [0.25, 0.3) is 72.2 Å². The van der Waals surface area contributed by atoms with Crippen molar-refractivity contribution < 1.29 is 0 Å². The molecule has 0 radical (unpaired) electrons. The average Bonchev–Trinajstić information content (AvgIpc) is 3.74. The van der Waals surface area contributed by atoms with Crippen molar-refractivity contribution in [2.45, 2.75) is 32.6 Å². The van der Waals surface area contributed by atoms with Gasteiger partial charge in [-0.1, -0.05) is 148 Å². The molecule has 0 amide bonds. The highest BCUT2D eigenvalue weighted by Crippen LogP contribution is 2.52. The molecule has 1 aromatic heterocycles. The standard InChI is InChI=1S/C49H39N/c1-6-8-9-16-32-29-34-18-15-22-40-38(25-26-39(32)46(34)40)33-17-14-19-35(30-33)50-44-24-13-11-21-42(44)47-36(7-2)41(27-28-45(47)50)48-31(3)37-20-10-12-23-43(37)49(48,4)5/h6-28,30H,1-2,29H2,3-5H3/b9-8-,32-16+. The van der Waals surface area contributed by atoms with Gasteiger partial charge in [0.2, 0.25) is 0 Å². The molecule has 1 nitrogen and oxygen atoms in total. The van der Waals surface area contributed by atoms with Crippen molar-refractivity contribution in [1.29, 1.82) is 0 Å². The van der Waals surface area contributed by atoms with Crippen molar-refractivity contribution >= 4 is 55.4 Å². The molecule has 2 aliphatic carbocycles. The zero-order valence-corrected chi connectivity index (χ0v) is 28.9. The molecule has 0 bridgehead atoms. The molecule has 2 aliphatic rings. The molecule has 1 heterocycles. The van der Waals surface area contributed by atoms with Gasteiger partial charge in [-0.05, 0) is 110 Å². The maximum Gasteiger partial charge on any atom is 0.0547 e. The van der Waals surface area contributed by atoms with E-state index in [2.05, 4.69) is 172 Å². The lowest BCUT2D eigenvalue weighted by atomic mass is 9.76. The average molecular weight is 642 g/mol. The van der Waals surface area contributed by atoms with Crippen LogP contribution in [-0.2, 0) is 11.8 Å². The monoisotopic (exact) mass is 641 g/mol. The summed E-state index contributed by atoms with van der Waals surface area (Å²) in [7, 11) is 0. The topological polar surface area (TPSA) is 4.93 Å². The minimum absolute atomic E-state index is 0.114. The third kappa shape index (κ3) is 4.26. The first kappa shape index (κ1) is 30.2. The summed E-state index contributed by atoms with van der Waals surface area (Å²) in [6.07, 6.45) is 11.2. The second-order valence-corrected chi connectivity index (χ2v) is 14.2. The molecule has 0 saturated heterocycles. The van der Waals surface area contributed by atoms with Crippen molar-refractivity contribution in [3.05, 3.63) is 186 Å². The van der Waals surface area contributed by atoms with Crippen molar-refractivity contribution in [3.8, 4) is 16.8 Å². The van der Waals surface area contributed by atoms with E-state index in [4.69, 9.17) is 0 Å². The van der Waals surface area contributed by atoms with Gasteiger partial charge >= 0.3 is 0 Å². The summed E-state index contributed by atoms with van der Waals surface area (Å²) >= 11 is 0. The predicted molar refractivity (Wildman–Crippen MR) is 217 cm³/mol. The van der Waals surface area contributed by atoms with Gasteiger partial charge in [0.1, 0.15) is 0 Å². The fourth-order valence-electron chi connectivity index (χ4n) is 9.09. The normalized spacial score (nSPS) is 15.6. The van der Waals surface area contributed by atoms with Crippen molar-refractivity contribution in [2.24, 2.45) is 0 Å². The number of rotatable bonds is 6. The van der Waals surface area contributed by atoms with Crippen LogP contribution in [0, 0.1) is 0 Å². The highest BCUT2D eigenvalue weighted by molar-refractivity contribution is 6.16. The Bertz CT molecular complexity index is 2680. The number of para-hydroxylation sites is 1. The van der Waals surface area contributed by atoms with Crippen LogP contribution in [0.5, 0.6) is 0 Å². The maximum absolute atomic E-state index is 4.41. The molecule has 7 aromatic rings. The zero-order chi connectivity index (χ0) is 34.1. The lowest BCUT2D eigenvalue weighted by molar-refractivity contribution is 0.704. The van der Waals surface area contributed by atoms with Crippen LogP contribution in [0.4, 0.5) is 0 Å². The lowest BCUT2D eigenvalue weighted by Gasteiger charge is -2.27. The van der Waals surface area contributed by atoms with E-state index >= 15 is 0 Å². The van der Waals surface area contributed by atoms with E-state index in [1.807, 2.05) is 12.2 Å². The fraction of sp³-hybridized carbons (Fsp3) is 0.102. The Balaban J connectivity index is 1.24. The summed E-state index contributed by atoms with van der Waals surface area (Å²) < 4.78 is 2.44. The Hall–Kier alpha value is -5.92. The smallest absolute Gasteiger partial charge is 0.0547 e. The summed E-state index contributed by atoms with van der Waals surface area (Å²) in [6.45, 7) is 15.2. The zero-order valence-electron chi connectivity index (χ0n) is 28.9. The van der Waals surface area contributed by atoms with E-state index in [1.54, 1.807) is 0 Å². The Morgan fingerprint density at radius 1 is 0.660 bits per heavy atom. The number of fused-ring (bicyclic) bond motifs is 4. The lowest BCUT2D eigenvalue weighted by Crippen LogP contribution is -2.17. The van der Waals surface area contributed by atoms with E-state index < -0.39 is 0 Å². The highest BCUT2D eigenvalue weighted by atomic mass is 15.0. The van der Waals surface area contributed by atoms with E-state index in [0.717, 1.165) is 12.1 Å². The number of hydrogen-bond donors (Lipinski definition) is 0. The number of aromatic nitrogens is 1. The van der Waals surface area contributed by atoms with Crippen LogP contribution in [0.15, 0.2) is 153 Å². The van der Waals surface area contributed by atoms with Gasteiger partial charge in [0.25, 0.3) is 0 Å². The molecule has 0 atom stereocenters. The summed E-state index contributed by atoms with van der Waals surface area (Å²) in [4.78, 5) is 0. The molecule has 6 aromatic carbocycles. The van der Waals surface area contributed by atoms with E-state index in [0.29, 0.717) is 0 Å². The van der Waals surface area contributed by atoms with Gasteiger partial charge in [0.15, 0.2) is 0 Å². The molecule has 1 heteroatoms. The van der Waals surface area contributed by atoms with Gasteiger partial charge in [-0.15, -0.1) is 0 Å². The van der Waals surface area contributed by atoms with Crippen LogP contribution >= 0.6 is 0 Å². The molecular weight excluding hydrogens is 603 g/mol. The van der Waals surface area contributed by atoms with Crippen molar-refractivity contribution in [3.63, 3.8) is 0 Å². The Kier molecular flexibility index (Phi) is 6.83. The SMILES string of the molecule is C=C/C=C\C=C1/Cc2cccc3c(-c4cccc(-n5c6ccccc6c6c(C=C)c(C7=C(C)c8ccccc8C7(C)C)ccc65)c4)ccc1c23. The molecule has 0 aliphatic heterocycles. The summed E-state index contributed by atoms with van der Waals surface area (Å²) in [5, 5.41) is 5.17. The first-order valence-corrected chi connectivity index (χ1v) is 17.6. The van der Waals surface area contributed by atoms with Crippen LogP contribution in [-0.4, -0.2) is 4.57 Å². The van der Waals surface area contributed by atoms with Gasteiger partial charge in [-0.2, -0.15) is 0 Å². The second kappa shape index (κ2) is 11.3. The van der Waals surface area contributed by atoms with Crippen LogP contribution in [0.1, 0.15) is 54.2 Å². The first-order chi connectivity index (χ1) is 24.4. The van der Waals surface area contributed by atoms with Gasteiger partial charge in [-0.3, -0.25) is 0 Å². The summed E-state index contributed by atoms with van der Waals surface area (Å²) in [5.41, 5.74) is 17.9. The molecule has 0 fully saturated rings. The van der Waals surface area contributed by atoms with Gasteiger partial charge in [0.05, 0.1) is 11.0 Å². The molecule has 9 rings (SSSR count). The molecule has 50 heavy (non-hydrogen) atoms.